The standard InChI is InChI=1S/C23H32N2O/c1-23(24(2)3,19-21-7-5-4-6-8-21)14-13-20-9-11-22(12-10-20)25-15-17-26-18-16-25/h4-12H,13-19H2,1-3H3. The van der Waals surface area contributed by atoms with Crippen LogP contribution in [0.2, 0.25) is 0 Å². The Labute approximate surface area is 158 Å². The maximum atomic E-state index is 5.45. The summed E-state index contributed by atoms with van der Waals surface area (Å²) in [5.74, 6) is 0. The molecule has 0 spiro atoms. The van der Waals surface area contributed by atoms with Gasteiger partial charge in [-0.05, 0) is 63.5 Å². The molecule has 0 aromatic heterocycles. The number of hydrogen-bond acceptors (Lipinski definition) is 3. The van der Waals surface area contributed by atoms with E-state index in [4.69, 9.17) is 4.74 Å². The van der Waals surface area contributed by atoms with Crippen LogP contribution in [-0.2, 0) is 17.6 Å². The summed E-state index contributed by atoms with van der Waals surface area (Å²) in [4.78, 5) is 4.79. The third kappa shape index (κ3) is 4.87. The van der Waals surface area contributed by atoms with Crippen molar-refractivity contribution in [1.82, 2.24) is 4.90 Å². The van der Waals surface area contributed by atoms with Gasteiger partial charge in [0.15, 0.2) is 0 Å². The van der Waals surface area contributed by atoms with E-state index < -0.39 is 0 Å². The first-order valence-corrected chi connectivity index (χ1v) is 9.70. The van der Waals surface area contributed by atoms with E-state index in [0.29, 0.717) is 0 Å². The third-order valence-electron chi connectivity index (χ3n) is 5.77. The number of hydrogen-bond donors (Lipinski definition) is 0. The Balaban J connectivity index is 1.61. The highest BCUT2D eigenvalue weighted by atomic mass is 16.5. The molecule has 140 valence electrons. The maximum Gasteiger partial charge on any atom is 0.0642 e. The van der Waals surface area contributed by atoms with E-state index >= 15 is 0 Å². The molecule has 1 fully saturated rings. The van der Waals surface area contributed by atoms with Crippen LogP contribution < -0.4 is 4.90 Å². The lowest BCUT2D eigenvalue weighted by Crippen LogP contribution is -2.43. The summed E-state index contributed by atoms with van der Waals surface area (Å²) in [6.07, 6.45) is 3.32. The summed E-state index contributed by atoms with van der Waals surface area (Å²) < 4.78 is 5.45. The SMILES string of the molecule is CN(C)C(C)(CCc1ccc(N2CCOCC2)cc1)Cc1ccccc1. The molecule has 1 unspecified atom stereocenters. The Bertz CT molecular complexity index is 662. The zero-order valence-electron chi connectivity index (χ0n) is 16.4. The summed E-state index contributed by atoms with van der Waals surface area (Å²) in [5.41, 5.74) is 4.30. The fourth-order valence-electron chi connectivity index (χ4n) is 3.61. The Morgan fingerprint density at radius 3 is 2.19 bits per heavy atom. The molecule has 0 N–H and O–H groups in total. The number of benzene rings is 2. The van der Waals surface area contributed by atoms with Crippen LogP contribution in [0.5, 0.6) is 0 Å². The van der Waals surface area contributed by atoms with E-state index in [1.54, 1.807) is 0 Å². The first-order chi connectivity index (χ1) is 12.6. The highest BCUT2D eigenvalue weighted by Crippen LogP contribution is 2.25. The van der Waals surface area contributed by atoms with Crippen molar-refractivity contribution >= 4 is 5.69 Å². The van der Waals surface area contributed by atoms with E-state index in [-0.39, 0.29) is 5.54 Å². The summed E-state index contributed by atoms with van der Waals surface area (Å²) in [7, 11) is 4.40. The van der Waals surface area contributed by atoms with E-state index in [0.717, 1.165) is 45.6 Å². The van der Waals surface area contributed by atoms with Gasteiger partial charge in [0.2, 0.25) is 0 Å². The highest BCUT2D eigenvalue weighted by Gasteiger charge is 2.27. The fraction of sp³-hybridized carbons (Fsp3) is 0.478. The Morgan fingerprint density at radius 2 is 1.58 bits per heavy atom. The first-order valence-electron chi connectivity index (χ1n) is 9.70. The number of ether oxygens (including phenoxy) is 1. The van der Waals surface area contributed by atoms with Crippen LogP contribution in [0.25, 0.3) is 0 Å². The molecule has 0 radical (unpaired) electrons. The number of anilines is 1. The van der Waals surface area contributed by atoms with Gasteiger partial charge in [-0.25, -0.2) is 0 Å². The van der Waals surface area contributed by atoms with Gasteiger partial charge in [0.25, 0.3) is 0 Å². The molecule has 0 bridgehead atoms. The molecule has 1 heterocycles. The van der Waals surface area contributed by atoms with E-state index in [1.165, 1.54) is 16.8 Å². The second kappa shape index (κ2) is 8.70. The molecule has 0 amide bonds. The monoisotopic (exact) mass is 352 g/mol. The molecule has 1 aliphatic heterocycles. The summed E-state index contributed by atoms with van der Waals surface area (Å²) in [6.45, 7) is 6.04. The minimum absolute atomic E-state index is 0.157. The Hall–Kier alpha value is -1.84. The smallest absolute Gasteiger partial charge is 0.0642 e. The lowest BCUT2D eigenvalue weighted by Gasteiger charge is -2.37. The normalized spacial score (nSPS) is 17.3. The first kappa shape index (κ1) is 18.9. The molecule has 2 aromatic carbocycles. The molecule has 0 saturated carbocycles. The van der Waals surface area contributed by atoms with Gasteiger partial charge in [0.1, 0.15) is 0 Å². The van der Waals surface area contributed by atoms with Crippen molar-refractivity contribution in [2.75, 3.05) is 45.3 Å². The van der Waals surface area contributed by atoms with Gasteiger partial charge in [-0.15, -0.1) is 0 Å². The maximum absolute atomic E-state index is 5.45. The number of aryl methyl sites for hydroxylation is 1. The van der Waals surface area contributed by atoms with Crippen molar-refractivity contribution in [2.45, 2.75) is 31.7 Å². The van der Waals surface area contributed by atoms with Crippen LogP contribution in [0.3, 0.4) is 0 Å². The van der Waals surface area contributed by atoms with Crippen LogP contribution in [-0.4, -0.2) is 50.8 Å². The van der Waals surface area contributed by atoms with Crippen LogP contribution in [0.1, 0.15) is 24.5 Å². The minimum atomic E-state index is 0.157. The largest absolute Gasteiger partial charge is 0.378 e. The predicted molar refractivity (Wildman–Crippen MR) is 110 cm³/mol. The van der Waals surface area contributed by atoms with Gasteiger partial charge >= 0.3 is 0 Å². The zero-order valence-corrected chi connectivity index (χ0v) is 16.4. The van der Waals surface area contributed by atoms with Crippen molar-refractivity contribution in [3.63, 3.8) is 0 Å². The third-order valence-corrected chi connectivity index (χ3v) is 5.77. The average molecular weight is 353 g/mol. The summed E-state index contributed by atoms with van der Waals surface area (Å²) >= 11 is 0. The van der Waals surface area contributed by atoms with Gasteiger partial charge in [0.05, 0.1) is 13.2 Å². The molecular weight excluding hydrogens is 320 g/mol. The molecule has 26 heavy (non-hydrogen) atoms. The number of likely N-dealkylation sites (N-methyl/N-ethyl adjacent to an activating group) is 1. The summed E-state index contributed by atoms with van der Waals surface area (Å²) in [6, 6.07) is 20.0. The van der Waals surface area contributed by atoms with Crippen LogP contribution in [0.15, 0.2) is 54.6 Å². The van der Waals surface area contributed by atoms with E-state index in [9.17, 15) is 0 Å². The Kier molecular flexibility index (Phi) is 6.33. The van der Waals surface area contributed by atoms with Crippen molar-refractivity contribution in [3.8, 4) is 0 Å². The highest BCUT2D eigenvalue weighted by molar-refractivity contribution is 5.48. The van der Waals surface area contributed by atoms with E-state index in [2.05, 4.69) is 85.4 Å². The Morgan fingerprint density at radius 1 is 0.923 bits per heavy atom. The molecule has 3 heteroatoms. The zero-order chi connectivity index (χ0) is 18.4. The van der Waals surface area contributed by atoms with Crippen molar-refractivity contribution in [1.29, 1.82) is 0 Å². The van der Waals surface area contributed by atoms with Gasteiger partial charge < -0.3 is 14.5 Å². The molecule has 3 rings (SSSR count). The van der Waals surface area contributed by atoms with Gasteiger partial charge in [-0.1, -0.05) is 42.5 Å². The topological polar surface area (TPSA) is 15.7 Å². The molecule has 3 nitrogen and oxygen atoms in total. The van der Waals surface area contributed by atoms with Crippen molar-refractivity contribution in [2.24, 2.45) is 0 Å². The number of nitrogens with zero attached hydrogens (tertiary/aromatic N) is 2. The second-order valence-electron chi connectivity index (χ2n) is 7.82. The predicted octanol–water partition coefficient (Wildman–Crippen LogP) is 4.02. The van der Waals surface area contributed by atoms with Gasteiger partial charge in [0, 0.05) is 24.3 Å². The van der Waals surface area contributed by atoms with Crippen molar-refractivity contribution < 1.29 is 4.74 Å². The average Bonchev–Trinajstić information content (AvgIpc) is 2.68. The second-order valence-corrected chi connectivity index (χ2v) is 7.82. The minimum Gasteiger partial charge on any atom is -0.378 e. The van der Waals surface area contributed by atoms with Gasteiger partial charge in [-0.3, -0.25) is 0 Å². The molecule has 1 saturated heterocycles. The van der Waals surface area contributed by atoms with Crippen molar-refractivity contribution in [3.05, 3.63) is 65.7 Å². The molecule has 1 atom stereocenters. The van der Waals surface area contributed by atoms with E-state index in [1.807, 2.05) is 0 Å². The molecular formula is C23H32N2O. The lowest BCUT2D eigenvalue weighted by molar-refractivity contribution is 0.122. The lowest BCUT2D eigenvalue weighted by atomic mass is 9.86. The number of morpholine rings is 1. The fourth-order valence-corrected chi connectivity index (χ4v) is 3.61. The van der Waals surface area contributed by atoms with Gasteiger partial charge in [-0.2, -0.15) is 0 Å². The molecule has 2 aromatic rings. The summed E-state index contributed by atoms with van der Waals surface area (Å²) in [5, 5.41) is 0. The molecule has 0 aliphatic carbocycles. The number of rotatable bonds is 7. The van der Waals surface area contributed by atoms with Crippen LogP contribution in [0, 0.1) is 0 Å². The van der Waals surface area contributed by atoms with Crippen LogP contribution >= 0.6 is 0 Å². The van der Waals surface area contributed by atoms with Crippen LogP contribution in [0.4, 0.5) is 5.69 Å². The quantitative estimate of drug-likeness (QED) is 0.748. The molecule has 1 aliphatic rings.